The average Bonchev–Trinajstić information content (AvgIpc) is 3.23. The van der Waals surface area contributed by atoms with E-state index in [9.17, 15) is 4.79 Å². The second kappa shape index (κ2) is 6.40. The molecule has 2 aliphatic carbocycles. The van der Waals surface area contributed by atoms with Gasteiger partial charge in [-0.25, -0.2) is 0 Å². The molecule has 1 aromatic rings. The molecule has 2 saturated carbocycles. The number of hydrogen-bond donors (Lipinski definition) is 1. The summed E-state index contributed by atoms with van der Waals surface area (Å²) in [6, 6.07) is 5.94. The predicted octanol–water partition coefficient (Wildman–Crippen LogP) is 3.33. The van der Waals surface area contributed by atoms with Gasteiger partial charge < -0.3 is 14.8 Å². The van der Waals surface area contributed by atoms with Crippen LogP contribution in [0, 0.1) is 24.7 Å². The molecule has 1 heterocycles. The lowest BCUT2D eigenvalue weighted by atomic mass is 9.61. The molecule has 1 aliphatic heterocycles. The first-order valence-corrected chi connectivity index (χ1v) is 9.26. The number of nitrogens with one attached hydrogen (secondary N) is 1. The maximum Gasteiger partial charge on any atom is 0.251 e. The number of hydrogen-bond acceptors (Lipinski definition) is 3. The number of benzene rings is 1. The van der Waals surface area contributed by atoms with Gasteiger partial charge in [0, 0.05) is 30.0 Å². The fourth-order valence-corrected chi connectivity index (χ4v) is 5.11. The van der Waals surface area contributed by atoms with E-state index in [-0.39, 0.29) is 11.9 Å². The minimum atomic E-state index is 0.0495. The molecule has 3 aliphatic rings. The highest BCUT2D eigenvalue weighted by Gasteiger charge is 2.57. The van der Waals surface area contributed by atoms with E-state index in [1.165, 1.54) is 25.7 Å². The maximum absolute atomic E-state index is 12.8. The topological polar surface area (TPSA) is 47.6 Å². The molecule has 3 fully saturated rings. The number of ether oxygens (including phenoxy) is 2. The van der Waals surface area contributed by atoms with Crippen LogP contribution >= 0.6 is 0 Å². The van der Waals surface area contributed by atoms with Crippen LogP contribution in [0.25, 0.3) is 0 Å². The lowest BCUT2D eigenvalue weighted by Crippen LogP contribution is -2.63. The first-order chi connectivity index (χ1) is 11.7. The molecule has 1 amide bonds. The Morgan fingerprint density at radius 3 is 2.75 bits per heavy atom. The van der Waals surface area contributed by atoms with Crippen molar-refractivity contribution < 1.29 is 14.3 Å². The largest absolute Gasteiger partial charge is 0.497 e. The highest BCUT2D eigenvalue weighted by Crippen LogP contribution is 2.51. The summed E-state index contributed by atoms with van der Waals surface area (Å²) in [6.07, 6.45) is 6.72. The van der Waals surface area contributed by atoms with Crippen molar-refractivity contribution in [1.82, 2.24) is 5.32 Å². The van der Waals surface area contributed by atoms with E-state index < -0.39 is 0 Å². The Bertz CT molecular complexity index is 619. The first-order valence-electron chi connectivity index (χ1n) is 9.26. The minimum Gasteiger partial charge on any atom is -0.497 e. The quantitative estimate of drug-likeness (QED) is 0.922. The fourth-order valence-electron chi connectivity index (χ4n) is 5.11. The van der Waals surface area contributed by atoms with Crippen LogP contribution in [0.5, 0.6) is 5.75 Å². The summed E-state index contributed by atoms with van der Waals surface area (Å²) in [6.45, 7) is 2.82. The van der Waals surface area contributed by atoms with E-state index in [1.807, 2.05) is 25.1 Å². The molecule has 130 valence electrons. The van der Waals surface area contributed by atoms with E-state index >= 15 is 0 Å². The van der Waals surface area contributed by atoms with Crippen molar-refractivity contribution in [3.63, 3.8) is 0 Å². The number of fused-ring (bicyclic) bond motifs is 1. The highest BCUT2D eigenvalue weighted by atomic mass is 16.5. The predicted molar refractivity (Wildman–Crippen MR) is 92.3 cm³/mol. The molecule has 0 spiro atoms. The summed E-state index contributed by atoms with van der Waals surface area (Å²) in [5.74, 6) is 2.60. The second-order valence-corrected chi connectivity index (χ2v) is 7.59. The summed E-state index contributed by atoms with van der Waals surface area (Å²) >= 11 is 0. The molecule has 1 saturated heterocycles. The van der Waals surface area contributed by atoms with Crippen molar-refractivity contribution in [2.24, 2.45) is 17.8 Å². The molecule has 4 nitrogen and oxygen atoms in total. The van der Waals surface area contributed by atoms with E-state index in [1.54, 1.807) is 7.11 Å². The summed E-state index contributed by atoms with van der Waals surface area (Å²) in [5.41, 5.74) is 1.71. The fraction of sp³-hybridized carbons (Fsp3) is 0.650. The maximum atomic E-state index is 12.8. The lowest BCUT2D eigenvalue weighted by molar-refractivity contribution is -0.0784. The van der Waals surface area contributed by atoms with Gasteiger partial charge >= 0.3 is 0 Å². The van der Waals surface area contributed by atoms with Crippen molar-refractivity contribution in [2.75, 3.05) is 13.7 Å². The van der Waals surface area contributed by atoms with Gasteiger partial charge in [0.15, 0.2) is 0 Å². The number of carbonyl (C=O) groups is 1. The van der Waals surface area contributed by atoms with Gasteiger partial charge in [-0.15, -0.1) is 0 Å². The highest BCUT2D eigenvalue weighted by molar-refractivity contribution is 5.96. The van der Waals surface area contributed by atoms with Gasteiger partial charge in [0.2, 0.25) is 0 Å². The molecular formula is C20H27NO3. The Hall–Kier alpha value is -1.55. The van der Waals surface area contributed by atoms with Crippen LogP contribution in [-0.2, 0) is 4.74 Å². The third-order valence-corrected chi connectivity index (χ3v) is 6.36. The lowest BCUT2D eigenvalue weighted by Gasteiger charge is -2.50. The SMILES string of the molecule is COc1ccc(C(=O)N[C@@H]2[C@@H]3CCO[C@@H]3[C@@H]2C2CCCC2)c(C)c1. The van der Waals surface area contributed by atoms with Gasteiger partial charge in [-0.3, -0.25) is 4.79 Å². The van der Waals surface area contributed by atoms with Gasteiger partial charge in [0.1, 0.15) is 5.75 Å². The second-order valence-electron chi connectivity index (χ2n) is 7.59. The molecule has 0 unspecified atom stereocenters. The summed E-state index contributed by atoms with van der Waals surface area (Å²) in [4.78, 5) is 12.8. The van der Waals surface area contributed by atoms with Crippen LogP contribution in [0.1, 0.15) is 48.0 Å². The number of methoxy groups -OCH3 is 1. The van der Waals surface area contributed by atoms with Crippen molar-refractivity contribution in [2.45, 2.75) is 51.2 Å². The smallest absolute Gasteiger partial charge is 0.251 e. The van der Waals surface area contributed by atoms with Crippen molar-refractivity contribution in [3.8, 4) is 5.75 Å². The van der Waals surface area contributed by atoms with E-state index in [4.69, 9.17) is 9.47 Å². The molecule has 4 rings (SSSR count). The molecule has 0 radical (unpaired) electrons. The number of aryl methyl sites for hydroxylation is 1. The normalized spacial score (nSPS) is 32.2. The van der Waals surface area contributed by atoms with Crippen molar-refractivity contribution >= 4 is 5.91 Å². The van der Waals surface area contributed by atoms with Gasteiger partial charge in [-0.2, -0.15) is 0 Å². The first kappa shape index (κ1) is 15.9. The third-order valence-electron chi connectivity index (χ3n) is 6.36. The summed E-state index contributed by atoms with van der Waals surface area (Å²) < 4.78 is 11.2. The minimum absolute atomic E-state index is 0.0495. The van der Waals surface area contributed by atoms with E-state index in [0.29, 0.717) is 17.9 Å². The Morgan fingerprint density at radius 2 is 2.04 bits per heavy atom. The molecular weight excluding hydrogens is 302 g/mol. The third kappa shape index (κ3) is 2.61. The number of rotatable bonds is 4. The van der Waals surface area contributed by atoms with Gasteiger partial charge in [-0.1, -0.05) is 25.7 Å². The summed E-state index contributed by atoms with van der Waals surface area (Å²) in [7, 11) is 1.65. The summed E-state index contributed by atoms with van der Waals surface area (Å²) in [5, 5.41) is 3.35. The van der Waals surface area contributed by atoms with Gasteiger partial charge in [0.05, 0.1) is 13.2 Å². The van der Waals surface area contributed by atoms with E-state index in [0.717, 1.165) is 35.8 Å². The van der Waals surface area contributed by atoms with Gasteiger partial charge in [0.25, 0.3) is 5.91 Å². The van der Waals surface area contributed by atoms with Crippen LogP contribution in [0.4, 0.5) is 0 Å². The Kier molecular flexibility index (Phi) is 4.25. The van der Waals surface area contributed by atoms with Crippen LogP contribution in [-0.4, -0.2) is 31.8 Å². The van der Waals surface area contributed by atoms with Crippen LogP contribution < -0.4 is 10.1 Å². The molecule has 0 aromatic heterocycles. The van der Waals surface area contributed by atoms with Crippen molar-refractivity contribution in [1.29, 1.82) is 0 Å². The van der Waals surface area contributed by atoms with Crippen LogP contribution in [0.2, 0.25) is 0 Å². The number of amides is 1. The van der Waals surface area contributed by atoms with Crippen LogP contribution in [0.3, 0.4) is 0 Å². The zero-order valence-corrected chi connectivity index (χ0v) is 14.6. The van der Waals surface area contributed by atoms with Crippen LogP contribution in [0.15, 0.2) is 18.2 Å². The average molecular weight is 329 g/mol. The Morgan fingerprint density at radius 1 is 1.25 bits per heavy atom. The molecule has 24 heavy (non-hydrogen) atoms. The van der Waals surface area contributed by atoms with E-state index in [2.05, 4.69) is 5.32 Å². The molecule has 0 bridgehead atoms. The zero-order chi connectivity index (χ0) is 16.7. The molecule has 4 heteroatoms. The zero-order valence-electron chi connectivity index (χ0n) is 14.6. The van der Waals surface area contributed by atoms with Gasteiger partial charge in [-0.05, 0) is 43.0 Å². The van der Waals surface area contributed by atoms with Crippen molar-refractivity contribution in [3.05, 3.63) is 29.3 Å². The monoisotopic (exact) mass is 329 g/mol. The Labute approximate surface area is 143 Å². The Balaban J connectivity index is 1.49. The number of carbonyl (C=O) groups excluding carboxylic acids is 1. The molecule has 1 N–H and O–H groups in total. The molecule has 4 atom stereocenters. The standard InChI is InChI=1S/C20H27NO3/c1-12-11-14(23-2)7-8-15(12)20(22)21-18-16-9-10-24-19(16)17(18)13-5-3-4-6-13/h7-8,11,13,16-19H,3-6,9-10H2,1-2H3,(H,21,22)/t16-,17+,18+,19-/m0/s1. The molecule has 1 aromatic carbocycles.